The number of aliphatic hydroxyl groups excluding tert-OH is 1. The maximum absolute atomic E-state index is 17.4. The summed E-state index contributed by atoms with van der Waals surface area (Å²) in [7, 11) is 0. The van der Waals surface area contributed by atoms with Crippen LogP contribution < -0.4 is 20.7 Å². The van der Waals surface area contributed by atoms with Crippen LogP contribution in [0.1, 0.15) is 92.9 Å². The molecule has 4 aliphatic carbocycles. The minimum absolute atomic E-state index is 0.00258. The smallest absolute Gasteiger partial charge is 0.266 e. The molecule has 5 N–H and O–H groups in total. The highest BCUT2D eigenvalue weighted by molar-refractivity contribution is 6.24. The Morgan fingerprint density at radius 3 is 2.47 bits per heavy atom. The van der Waals surface area contributed by atoms with Crippen molar-refractivity contribution in [2.24, 2.45) is 28.6 Å². The maximum atomic E-state index is 17.4. The third kappa shape index (κ3) is 5.75. The van der Waals surface area contributed by atoms with E-state index in [9.17, 15) is 43.8 Å². The second-order valence-corrected chi connectivity index (χ2v) is 16.4. The van der Waals surface area contributed by atoms with Crippen molar-refractivity contribution in [3.05, 3.63) is 53.1 Å². The number of ketones is 1. The summed E-state index contributed by atoms with van der Waals surface area (Å²) in [6, 6.07) is 3.23. The fraction of sp³-hybridized carbons (Fsp3) is 0.575. The van der Waals surface area contributed by atoms with Crippen molar-refractivity contribution < 1.29 is 52.9 Å². The maximum Gasteiger partial charge on any atom is 0.266 e. The Kier molecular flexibility index (Phi) is 9.64. The summed E-state index contributed by atoms with van der Waals surface area (Å²) < 4.78 is 23.0. The lowest BCUT2D eigenvalue weighted by Gasteiger charge is -2.62. The van der Waals surface area contributed by atoms with Crippen molar-refractivity contribution in [1.82, 2.24) is 20.9 Å². The van der Waals surface area contributed by atoms with Gasteiger partial charge in [0, 0.05) is 36.3 Å². The monoisotopic (exact) mass is 762 g/mol. The number of ether oxygens (including phenoxy) is 1. The molecule has 9 atom stereocenters. The molecule has 6 aliphatic rings. The zero-order valence-electron chi connectivity index (χ0n) is 31.1. The van der Waals surface area contributed by atoms with Gasteiger partial charge in [-0.25, -0.2) is 4.39 Å². The number of benzene rings is 1. The molecule has 0 radical (unpaired) electrons. The van der Waals surface area contributed by atoms with Gasteiger partial charge in [-0.15, -0.1) is 0 Å². The highest BCUT2D eigenvalue weighted by Crippen LogP contribution is 2.70. The van der Waals surface area contributed by atoms with Gasteiger partial charge in [0.2, 0.25) is 11.8 Å². The molecule has 1 aromatic carbocycles. The molecule has 294 valence electrons. The lowest BCUT2D eigenvalue weighted by Crippen LogP contribution is -2.70. The van der Waals surface area contributed by atoms with Crippen molar-refractivity contribution in [2.75, 3.05) is 19.7 Å². The van der Waals surface area contributed by atoms with Gasteiger partial charge in [0.25, 0.3) is 23.6 Å². The van der Waals surface area contributed by atoms with Gasteiger partial charge in [0.1, 0.15) is 11.8 Å². The number of piperidine rings is 1. The zero-order chi connectivity index (χ0) is 39.7. The van der Waals surface area contributed by atoms with Crippen LogP contribution in [0.2, 0.25) is 0 Å². The molecule has 2 aliphatic heterocycles. The number of aliphatic hydroxyl groups is 2. The van der Waals surface area contributed by atoms with Gasteiger partial charge in [0.15, 0.2) is 23.7 Å². The summed E-state index contributed by atoms with van der Waals surface area (Å²) in [4.78, 5) is 89.6. The molecule has 3 saturated carbocycles. The van der Waals surface area contributed by atoms with Gasteiger partial charge in [-0.1, -0.05) is 31.6 Å². The van der Waals surface area contributed by atoms with E-state index in [1.165, 1.54) is 30.4 Å². The Morgan fingerprint density at radius 1 is 1.02 bits per heavy atom. The standard InChI is InChI=1S/C40H47FN4O10/c1-21-17-26-25-10-9-22-18-23(46)13-14-37(22,2)39(25,41)29(47)19-38(26,3)40(21,54)36(53)43-16-5-4-15-42-31(49)20-55-28-8-6-7-24-32(28)35(52)45(34(24)51)27-11-12-30(48)44-33(27)50/h6-8,13-14,18,21,25-27,29,47,54H,4-5,9-12,15-17,19-20H2,1-3H3,(H,42,49)(H,43,53)(H,44,48,50)/t21-,25-,26-,27?,29-,37-,38-,39-,40-/m0/s1. The number of allylic oxidation sites excluding steroid dienone is 4. The Hall–Kier alpha value is -4.76. The van der Waals surface area contributed by atoms with E-state index < -0.39 is 88.1 Å². The lowest BCUT2D eigenvalue weighted by molar-refractivity contribution is -0.219. The molecule has 1 aromatic rings. The highest BCUT2D eigenvalue weighted by atomic mass is 19.1. The lowest BCUT2D eigenvalue weighted by atomic mass is 9.44. The molecule has 4 fully saturated rings. The molecule has 0 spiro atoms. The topological polar surface area (TPSA) is 209 Å². The number of alkyl halides is 1. The van der Waals surface area contributed by atoms with Crippen LogP contribution in [-0.2, 0) is 24.0 Å². The molecule has 15 heteroatoms. The number of carbonyl (C=O) groups is 7. The van der Waals surface area contributed by atoms with E-state index >= 15 is 4.39 Å². The summed E-state index contributed by atoms with van der Waals surface area (Å²) in [6.45, 7) is 5.26. The number of nitrogens with zero attached hydrogens (tertiary/aromatic N) is 1. The summed E-state index contributed by atoms with van der Waals surface area (Å²) in [6.07, 6.45) is 5.02. The first-order valence-corrected chi connectivity index (χ1v) is 19.0. The van der Waals surface area contributed by atoms with Gasteiger partial charge in [-0.2, -0.15) is 0 Å². The number of amides is 6. The Balaban J connectivity index is 0.896. The van der Waals surface area contributed by atoms with E-state index in [0.29, 0.717) is 37.7 Å². The molecule has 0 bridgehead atoms. The second-order valence-electron chi connectivity index (χ2n) is 16.4. The normalized spacial score (nSPS) is 36.3. The fourth-order valence-corrected chi connectivity index (χ4v) is 10.6. The molecule has 2 heterocycles. The first kappa shape index (κ1) is 38.5. The number of nitrogens with one attached hydrogen (secondary N) is 3. The highest BCUT2D eigenvalue weighted by Gasteiger charge is 2.75. The fourth-order valence-electron chi connectivity index (χ4n) is 10.6. The largest absolute Gasteiger partial charge is 0.483 e. The van der Waals surface area contributed by atoms with Crippen molar-refractivity contribution in [2.45, 2.75) is 95.6 Å². The minimum atomic E-state index is -2.06. The average molecular weight is 763 g/mol. The number of fused-ring (bicyclic) bond motifs is 6. The number of hydrogen-bond acceptors (Lipinski definition) is 10. The van der Waals surface area contributed by atoms with Gasteiger partial charge >= 0.3 is 0 Å². The Morgan fingerprint density at radius 2 is 1.75 bits per heavy atom. The van der Waals surface area contributed by atoms with Crippen molar-refractivity contribution in [1.29, 1.82) is 0 Å². The minimum Gasteiger partial charge on any atom is -0.483 e. The predicted molar refractivity (Wildman–Crippen MR) is 192 cm³/mol. The van der Waals surface area contributed by atoms with Crippen molar-refractivity contribution in [3.63, 3.8) is 0 Å². The number of imide groups is 2. The molecule has 0 aromatic heterocycles. The third-order valence-corrected chi connectivity index (χ3v) is 13.6. The van der Waals surface area contributed by atoms with Crippen LogP contribution in [0, 0.1) is 28.6 Å². The number of rotatable bonds is 10. The van der Waals surface area contributed by atoms with Crippen LogP contribution in [0.3, 0.4) is 0 Å². The van der Waals surface area contributed by atoms with E-state index in [-0.39, 0.29) is 60.9 Å². The predicted octanol–water partition coefficient (Wildman–Crippen LogP) is 1.83. The average Bonchev–Trinajstić information content (AvgIpc) is 3.51. The van der Waals surface area contributed by atoms with Crippen LogP contribution >= 0.6 is 0 Å². The van der Waals surface area contributed by atoms with Gasteiger partial charge < -0.3 is 25.6 Å². The van der Waals surface area contributed by atoms with E-state index in [1.54, 1.807) is 26.8 Å². The van der Waals surface area contributed by atoms with E-state index in [1.807, 2.05) is 0 Å². The van der Waals surface area contributed by atoms with Crippen LogP contribution in [0.15, 0.2) is 42.0 Å². The van der Waals surface area contributed by atoms with Crippen molar-refractivity contribution in [3.8, 4) is 5.75 Å². The molecule has 1 saturated heterocycles. The third-order valence-electron chi connectivity index (χ3n) is 13.6. The van der Waals surface area contributed by atoms with Crippen LogP contribution in [0.25, 0.3) is 0 Å². The van der Waals surface area contributed by atoms with Gasteiger partial charge in [0.05, 0.1) is 17.2 Å². The Bertz CT molecular complexity index is 1950. The van der Waals surface area contributed by atoms with Crippen LogP contribution in [0.4, 0.5) is 4.39 Å². The summed E-state index contributed by atoms with van der Waals surface area (Å²) >= 11 is 0. The van der Waals surface area contributed by atoms with E-state index in [2.05, 4.69) is 16.0 Å². The molecular weight excluding hydrogens is 715 g/mol. The quantitative estimate of drug-likeness (QED) is 0.173. The molecule has 14 nitrogen and oxygen atoms in total. The Labute approximate surface area is 317 Å². The van der Waals surface area contributed by atoms with Crippen LogP contribution in [0.5, 0.6) is 5.75 Å². The molecular formula is C40H47FN4O10. The number of halogens is 1. The number of unbranched alkanes of at least 4 members (excludes halogenated alkanes) is 1. The van der Waals surface area contributed by atoms with Crippen molar-refractivity contribution >= 4 is 41.2 Å². The van der Waals surface area contributed by atoms with E-state index in [4.69, 9.17) is 4.74 Å². The summed E-state index contributed by atoms with van der Waals surface area (Å²) in [5.74, 6) is -5.45. The number of carbonyl (C=O) groups excluding carboxylic acids is 7. The SMILES string of the molecule is C[C@H]1C[C@H]2[C@@H]3CCC4=CC(=O)C=C[C@]4(C)[C@@]3(F)[C@@H](O)C[C@]2(C)[C@@]1(O)C(=O)NCCCCNC(=O)COc1cccc2c1C(=O)N(C1CCC(=O)NC1=O)C2=O. The molecule has 6 amide bonds. The van der Waals surface area contributed by atoms with E-state index in [0.717, 1.165) is 4.90 Å². The van der Waals surface area contributed by atoms with Gasteiger partial charge in [-0.3, -0.25) is 43.8 Å². The molecule has 7 rings (SSSR count). The second kappa shape index (κ2) is 13.8. The summed E-state index contributed by atoms with van der Waals surface area (Å²) in [5, 5.41) is 31.4. The van der Waals surface area contributed by atoms with Crippen LogP contribution in [-0.4, -0.2) is 99.5 Å². The first-order chi connectivity index (χ1) is 26.0. The molecule has 1 unspecified atom stereocenters. The first-order valence-electron chi connectivity index (χ1n) is 19.0. The molecule has 55 heavy (non-hydrogen) atoms. The summed E-state index contributed by atoms with van der Waals surface area (Å²) in [5.41, 5.74) is -5.56. The number of hydrogen-bond donors (Lipinski definition) is 5. The zero-order valence-corrected chi connectivity index (χ0v) is 31.1. The van der Waals surface area contributed by atoms with Gasteiger partial charge in [-0.05, 0) is 88.0 Å².